The van der Waals surface area contributed by atoms with Crippen LogP contribution in [0, 0.1) is 0 Å². The van der Waals surface area contributed by atoms with E-state index in [0.717, 1.165) is 19.4 Å². The fourth-order valence-corrected chi connectivity index (χ4v) is 4.44. The normalized spacial score (nSPS) is 15.3. The van der Waals surface area contributed by atoms with Crippen LogP contribution in [0.2, 0.25) is 0 Å². The number of ether oxygens (including phenoxy) is 1. The maximum Gasteiger partial charge on any atom is 0.306 e. The molecule has 0 spiro atoms. The largest absolute Gasteiger partial charge is 0.466 e. The lowest BCUT2D eigenvalue weighted by Crippen LogP contribution is -2.17. The monoisotopic (exact) mass is 387 g/mol. The van der Waals surface area contributed by atoms with Gasteiger partial charge in [-0.25, -0.2) is 0 Å². The summed E-state index contributed by atoms with van der Waals surface area (Å²) in [6.07, 6.45) is 2.52. The molecular formula is C26H29NO2. The van der Waals surface area contributed by atoms with Crippen LogP contribution in [0.25, 0.3) is 21.9 Å². The lowest BCUT2D eigenvalue weighted by molar-refractivity contribution is -0.143. The zero-order valence-corrected chi connectivity index (χ0v) is 17.6. The van der Waals surface area contributed by atoms with Crippen molar-refractivity contribution in [3.63, 3.8) is 0 Å². The van der Waals surface area contributed by atoms with Crippen molar-refractivity contribution in [2.45, 2.75) is 39.0 Å². The molecule has 3 aromatic carbocycles. The van der Waals surface area contributed by atoms with Crippen molar-refractivity contribution in [2.24, 2.45) is 0 Å². The second-order valence-corrected chi connectivity index (χ2v) is 7.89. The fraction of sp³-hybridized carbons (Fsp3) is 0.346. The molecule has 0 N–H and O–H groups in total. The molecule has 1 aliphatic rings. The Kier molecular flexibility index (Phi) is 5.57. The van der Waals surface area contributed by atoms with Crippen LogP contribution >= 0.6 is 0 Å². The molecule has 3 aromatic rings. The molecule has 0 radical (unpaired) electrons. The molecule has 0 bridgehead atoms. The summed E-state index contributed by atoms with van der Waals surface area (Å²) in [7, 11) is 2.15. The number of anilines is 1. The number of benzene rings is 3. The standard InChI is InChI=1S/C26H29NO2/c1-4-27(3)25-15-21-12-13-22(16-26(28)29-5-2)23(21)17-24(25)20-11-10-18-8-6-7-9-19(18)14-20/h6-11,14-15,17,22H,4-5,12-13,16H2,1-3H3. The van der Waals surface area contributed by atoms with Crippen LogP contribution in [-0.4, -0.2) is 26.2 Å². The van der Waals surface area contributed by atoms with E-state index in [4.69, 9.17) is 4.74 Å². The number of esters is 1. The SMILES string of the molecule is CCOC(=O)CC1CCc2cc(N(C)CC)c(-c3ccc4ccccc4c3)cc21. The van der Waals surface area contributed by atoms with Crippen LogP contribution in [0.1, 0.15) is 43.7 Å². The van der Waals surface area contributed by atoms with Crippen molar-refractivity contribution >= 4 is 22.4 Å². The number of aryl methyl sites for hydroxylation is 1. The van der Waals surface area contributed by atoms with Gasteiger partial charge in [-0.15, -0.1) is 0 Å². The maximum absolute atomic E-state index is 12.1. The van der Waals surface area contributed by atoms with Crippen molar-refractivity contribution in [3.05, 3.63) is 65.7 Å². The average molecular weight is 388 g/mol. The number of hydrogen-bond donors (Lipinski definition) is 0. The molecule has 0 saturated heterocycles. The van der Waals surface area contributed by atoms with E-state index >= 15 is 0 Å². The zero-order chi connectivity index (χ0) is 20.4. The van der Waals surface area contributed by atoms with Crippen molar-refractivity contribution in [3.8, 4) is 11.1 Å². The van der Waals surface area contributed by atoms with Crippen LogP contribution in [0.5, 0.6) is 0 Å². The van der Waals surface area contributed by atoms with Crippen molar-refractivity contribution < 1.29 is 9.53 Å². The van der Waals surface area contributed by atoms with Crippen LogP contribution < -0.4 is 4.90 Å². The highest BCUT2D eigenvalue weighted by atomic mass is 16.5. The molecule has 3 heteroatoms. The van der Waals surface area contributed by atoms with Crippen LogP contribution in [0.4, 0.5) is 5.69 Å². The minimum atomic E-state index is -0.0904. The highest BCUT2D eigenvalue weighted by Crippen LogP contribution is 2.43. The first-order chi connectivity index (χ1) is 14.1. The fourth-order valence-electron chi connectivity index (χ4n) is 4.44. The van der Waals surface area contributed by atoms with Gasteiger partial charge in [0.2, 0.25) is 0 Å². The Morgan fingerprint density at radius 3 is 2.62 bits per heavy atom. The molecule has 150 valence electrons. The van der Waals surface area contributed by atoms with Gasteiger partial charge in [0.1, 0.15) is 0 Å². The third kappa shape index (κ3) is 3.87. The van der Waals surface area contributed by atoms with Gasteiger partial charge in [-0.3, -0.25) is 4.79 Å². The van der Waals surface area contributed by atoms with Crippen molar-refractivity contribution in [2.75, 3.05) is 25.1 Å². The number of fused-ring (bicyclic) bond motifs is 2. The molecule has 1 atom stereocenters. The Hall–Kier alpha value is -2.81. The van der Waals surface area contributed by atoms with Gasteiger partial charge in [0.05, 0.1) is 13.0 Å². The van der Waals surface area contributed by atoms with Gasteiger partial charge >= 0.3 is 5.97 Å². The van der Waals surface area contributed by atoms with E-state index < -0.39 is 0 Å². The molecule has 4 rings (SSSR count). The molecule has 3 nitrogen and oxygen atoms in total. The van der Waals surface area contributed by atoms with Gasteiger partial charge in [0, 0.05) is 24.8 Å². The number of carbonyl (C=O) groups excluding carboxylic acids is 1. The summed E-state index contributed by atoms with van der Waals surface area (Å²) < 4.78 is 5.21. The van der Waals surface area contributed by atoms with Gasteiger partial charge in [-0.1, -0.05) is 36.4 Å². The second-order valence-electron chi connectivity index (χ2n) is 7.89. The molecule has 1 unspecified atom stereocenters. The Labute approximate surface area is 173 Å². The lowest BCUT2D eigenvalue weighted by Gasteiger charge is -2.23. The van der Waals surface area contributed by atoms with E-state index in [2.05, 4.69) is 73.5 Å². The van der Waals surface area contributed by atoms with Gasteiger partial charge in [0.25, 0.3) is 0 Å². The zero-order valence-electron chi connectivity index (χ0n) is 17.6. The van der Waals surface area contributed by atoms with Crippen molar-refractivity contribution in [1.29, 1.82) is 0 Å². The number of hydrogen-bond acceptors (Lipinski definition) is 3. The van der Waals surface area contributed by atoms with E-state index in [1.165, 1.54) is 38.7 Å². The summed E-state index contributed by atoms with van der Waals surface area (Å²) in [6.45, 7) is 5.44. The summed E-state index contributed by atoms with van der Waals surface area (Å²) in [4.78, 5) is 14.4. The highest BCUT2D eigenvalue weighted by Gasteiger charge is 2.27. The number of carbonyl (C=O) groups is 1. The summed E-state index contributed by atoms with van der Waals surface area (Å²) in [5.41, 5.74) is 6.42. The molecular weight excluding hydrogens is 358 g/mol. The number of nitrogens with zero attached hydrogens (tertiary/aromatic N) is 1. The molecule has 29 heavy (non-hydrogen) atoms. The van der Waals surface area contributed by atoms with Crippen LogP contribution in [0.3, 0.4) is 0 Å². The Morgan fingerprint density at radius 2 is 1.86 bits per heavy atom. The number of rotatable bonds is 6. The molecule has 0 amide bonds. The first kappa shape index (κ1) is 19.5. The molecule has 0 heterocycles. The summed E-state index contributed by atoms with van der Waals surface area (Å²) in [5, 5.41) is 2.50. The Bertz CT molecular complexity index is 1040. The molecule has 0 saturated carbocycles. The summed E-state index contributed by atoms with van der Waals surface area (Å²) in [5.74, 6) is 0.164. The first-order valence-electron chi connectivity index (χ1n) is 10.6. The first-order valence-corrected chi connectivity index (χ1v) is 10.6. The molecule has 0 aliphatic heterocycles. The van der Waals surface area contributed by atoms with Crippen LogP contribution in [-0.2, 0) is 16.0 Å². The minimum Gasteiger partial charge on any atom is -0.466 e. The smallest absolute Gasteiger partial charge is 0.306 e. The predicted molar refractivity (Wildman–Crippen MR) is 121 cm³/mol. The third-order valence-corrected chi connectivity index (χ3v) is 6.12. The Morgan fingerprint density at radius 1 is 1.07 bits per heavy atom. The van der Waals surface area contributed by atoms with Gasteiger partial charge < -0.3 is 9.64 Å². The quantitative estimate of drug-likeness (QED) is 0.490. The molecule has 0 aromatic heterocycles. The van der Waals surface area contributed by atoms with E-state index in [1.54, 1.807) is 0 Å². The highest BCUT2D eigenvalue weighted by molar-refractivity contribution is 5.90. The molecule has 0 fully saturated rings. The lowest BCUT2D eigenvalue weighted by atomic mass is 9.92. The third-order valence-electron chi connectivity index (χ3n) is 6.12. The van der Waals surface area contributed by atoms with Gasteiger partial charge in [-0.2, -0.15) is 0 Å². The topological polar surface area (TPSA) is 29.5 Å². The summed E-state index contributed by atoms with van der Waals surface area (Å²) >= 11 is 0. The van der Waals surface area contributed by atoms with E-state index in [0.29, 0.717) is 13.0 Å². The van der Waals surface area contributed by atoms with Crippen LogP contribution in [0.15, 0.2) is 54.6 Å². The predicted octanol–water partition coefficient (Wildman–Crippen LogP) is 5.95. The summed E-state index contributed by atoms with van der Waals surface area (Å²) in [6, 6.07) is 19.8. The Balaban J connectivity index is 1.79. The van der Waals surface area contributed by atoms with E-state index in [9.17, 15) is 4.79 Å². The van der Waals surface area contributed by atoms with E-state index in [1.807, 2.05) is 6.92 Å². The maximum atomic E-state index is 12.1. The average Bonchev–Trinajstić information content (AvgIpc) is 3.13. The van der Waals surface area contributed by atoms with Gasteiger partial charge in [-0.05, 0) is 78.3 Å². The van der Waals surface area contributed by atoms with Crippen molar-refractivity contribution in [1.82, 2.24) is 0 Å². The molecule has 1 aliphatic carbocycles. The van der Waals surface area contributed by atoms with E-state index in [-0.39, 0.29) is 11.9 Å². The second kappa shape index (κ2) is 8.28. The van der Waals surface area contributed by atoms with Gasteiger partial charge in [0.15, 0.2) is 0 Å². The minimum absolute atomic E-state index is 0.0904.